The second-order valence-electron chi connectivity index (χ2n) is 5.69. The summed E-state index contributed by atoms with van der Waals surface area (Å²) in [4.78, 5) is 11.4. The van der Waals surface area contributed by atoms with E-state index in [0.29, 0.717) is 18.1 Å². The number of ether oxygens (including phenoxy) is 2. The highest BCUT2D eigenvalue weighted by Gasteiger charge is 2.14. The van der Waals surface area contributed by atoms with Crippen molar-refractivity contribution < 1.29 is 22.7 Å². The molecule has 2 aromatic carbocycles. The smallest absolute Gasteiger partial charge is 0.252 e. The molecular weight excluding hydrogens is 380 g/mol. The van der Waals surface area contributed by atoms with Gasteiger partial charge in [-0.2, -0.15) is 4.72 Å². The number of sulfonamides is 1. The third-order valence-corrected chi connectivity index (χ3v) is 5.08. The van der Waals surface area contributed by atoms with E-state index < -0.39 is 15.9 Å². The summed E-state index contributed by atoms with van der Waals surface area (Å²) >= 11 is 0. The van der Waals surface area contributed by atoms with E-state index in [1.54, 1.807) is 43.3 Å². The number of carbonyl (C=O) groups is 1. The van der Waals surface area contributed by atoms with Gasteiger partial charge in [0.2, 0.25) is 10.0 Å². The summed E-state index contributed by atoms with van der Waals surface area (Å²) in [7, 11) is -3.68. The maximum absolute atomic E-state index is 12.3. The van der Waals surface area contributed by atoms with Crippen LogP contribution in [0.15, 0.2) is 47.4 Å². The van der Waals surface area contributed by atoms with E-state index in [0.717, 1.165) is 5.56 Å². The van der Waals surface area contributed by atoms with Gasteiger partial charge in [-0.1, -0.05) is 24.0 Å². The Bertz CT molecular complexity index is 1010. The number of rotatable bonds is 8. The minimum absolute atomic E-state index is 0.00577. The Balaban J connectivity index is 1.91. The molecule has 0 spiro atoms. The van der Waals surface area contributed by atoms with Crippen LogP contribution < -0.4 is 19.9 Å². The summed E-state index contributed by atoms with van der Waals surface area (Å²) in [6.45, 7) is 4.07. The molecule has 0 aromatic heterocycles. The van der Waals surface area contributed by atoms with E-state index in [4.69, 9.17) is 15.2 Å². The zero-order valence-electron chi connectivity index (χ0n) is 15.7. The summed E-state index contributed by atoms with van der Waals surface area (Å²) in [6, 6.07) is 11.2. The largest absolute Gasteiger partial charge is 0.494 e. The molecule has 0 aliphatic rings. The molecular formula is C20H22N2O5S. The molecule has 0 saturated heterocycles. The molecule has 0 bridgehead atoms. The number of hydrogen-bond donors (Lipinski definition) is 2. The summed E-state index contributed by atoms with van der Waals surface area (Å²) in [5.41, 5.74) is 6.26. The van der Waals surface area contributed by atoms with Crippen LogP contribution in [0, 0.1) is 18.8 Å². The summed E-state index contributed by atoms with van der Waals surface area (Å²) in [5, 5.41) is 0. The number of primary amides is 1. The lowest BCUT2D eigenvalue weighted by Gasteiger charge is -2.09. The van der Waals surface area contributed by atoms with E-state index >= 15 is 0 Å². The summed E-state index contributed by atoms with van der Waals surface area (Å²) in [6.07, 6.45) is 0. The van der Waals surface area contributed by atoms with Crippen molar-refractivity contribution in [3.8, 4) is 23.3 Å². The molecule has 2 rings (SSSR count). The van der Waals surface area contributed by atoms with E-state index in [2.05, 4.69) is 16.6 Å². The fourth-order valence-electron chi connectivity index (χ4n) is 2.34. The predicted molar refractivity (Wildman–Crippen MR) is 106 cm³/mol. The molecule has 0 aliphatic heterocycles. The number of nitrogens with one attached hydrogen (secondary N) is 1. The molecule has 0 heterocycles. The van der Waals surface area contributed by atoms with Crippen molar-refractivity contribution in [2.45, 2.75) is 18.7 Å². The van der Waals surface area contributed by atoms with Gasteiger partial charge >= 0.3 is 0 Å². The van der Waals surface area contributed by atoms with Gasteiger partial charge in [-0.15, -0.1) is 0 Å². The van der Waals surface area contributed by atoms with Gasteiger partial charge in [0.25, 0.3) is 5.91 Å². The molecule has 1 amide bonds. The van der Waals surface area contributed by atoms with E-state index in [9.17, 15) is 13.2 Å². The SMILES string of the molecule is CCOc1ccc(S(=O)(=O)NCC#CCOc2ccccc2C(N)=O)cc1C. The van der Waals surface area contributed by atoms with Gasteiger partial charge in [0.15, 0.2) is 0 Å². The van der Waals surface area contributed by atoms with Crippen molar-refractivity contribution in [1.29, 1.82) is 0 Å². The molecule has 7 nitrogen and oxygen atoms in total. The fourth-order valence-corrected chi connectivity index (χ4v) is 3.35. The second kappa shape index (κ2) is 9.78. The number of para-hydroxylation sites is 1. The average molecular weight is 402 g/mol. The average Bonchev–Trinajstić information content (AvgIpc) is 2.66. The number of aryl methyl sites for hydroxylation is 1. The Morgan fingerprint density at radius 1 is 1.11 bits per heavy atom. The van der Waals surface area contributed by atoms with Crippen molar-refractivity contribution in [3.63, 3.8) is 0 Å². The normalized spacial score (nSPS) is 10.6. The van der Waals surface area contributed by atoms with E-state index in [1.807, 2.05) is 6.92 Å². The number of carbonyl (C=O) groups excluding carboxylic acids is 1. The lowest BCUT2D eigenvalue weighted by molar-refractivity contribution is 0.0997. The zero-order chi connectivity index (χ0) is 20.6. The Morgan fingerprint density at radius 2 is 1.86 bits per heavy atom. The first-order chi connectivity index (χ1) is 13.3. The summed E-state index contributed by atoms with van der Waals surface area (Å²) in [5.74, 6) is 5.74. The number of hydrogen-bond acceptors (Lipinski definition) is 5. The molecule has 2 aromatic rings. The maximum Gasteiger partial charge on any atom is 0.252 e. The fraction of sp³-hybridized carbons (Fsp3) is 0.250. The number of nitrogens with two attached hydrogens (primary N) is 1. The Morgan fingerprint density at radius 3 is 2.54 bits per heavy atom. The molecule has 0 fully saturated rings. The van der Waals surface area contributed by atoms with Gasteiger partial charge in [0.05, 0.1) is 23.6 Å². The minimum atomic E-state index is -3.68. The van der Waals surface area contributed by atoms with Crippen LogP contribution in [0.2, 0.25) is 0 Å². The highest BCUT2D eigenvalue weighted by atomic mass is 32.2. The van der Waals surface area contributed by atoms with Crippen LogP contribution in [0.25, 0.3) is 0 Å². The monoisotopic (exact) mass is 402 g/mol. The lowest BCUT2D eigenvalue weighted by atomic mass is 10.2. The molecule has 0 atom stereocenters. The van der Waals surface area contributed by atoms with Gasteiger partial charge in [-0.05, 0) is 49.7 Å². The van der Waals surface area contributed by atoms with E-state index in [-0.39, 0.29) is 23.6 Å². The van der Waals surface area contributed by atoms with Crippen molar-refractivity contribution in [3.05, 3.63) is 53.6 Å². The van der Waals surface area contributed by atoms with Gasteiger partial charge in [0.1, 0.15) is 18.1 Å². The van der Waals surface area contributed by atoms with Crippen LogP contribution in [0.3, 0.4) is 0 Å². The number of benzene rings is 2. The molecule has 3 N–H and O–H groups in total. The highest BCUT2D eigenvalue weighted by molar-refractivity contribution is 7.89. The maximum atomic E-state index is 12.3. The quantitative estimate of drug-likeness (QED) is 0.655. The Hall–Kier alpha value is -3.02. The third-order valence-electron chi connectivity index (χ3n) is 3.68. The first kappa shape index (κ1) is 21.3. The topological polar surface area (TPSA) is 108 Å². The molecule has 0 aliphatic carbocycles. The van der Waals surface area contributed by atoms with Gasteiger partial charge in [-0.3, -0.25) is 4.79 Å². The molecule has 148 valence electrons. The summed E-state index contributed by atoms with van der Waals surface area (Å²) < 4.78 is 37.9. The third kappa shape index (κ3) is 5.74. The van der Waals surface area contributed by atoms with Crippen LogP contribution in [0.4, 0.5) is 0 Å². The second-order valence-corrected chi connectivity index (χ2v) is 7.45. The van der Waals surface area contributed by atoms with Crippen molar-refractivity contribution in [1.82, 2.24) is 4.72 Å². The molecule has 0 radical (unpaired) electrons. The van der Waals surface area contributed by atoms with Crippen LogP contribution in [-0.4, -0.2) is 34.1 Å². The Kier molecular flexibility index (Phi) is 7.44. The zero-order valence-corrected chi connectivity index (χ0v) is 16.5. The van der Waals surface area contributed by atoms with Crippen molar-refractivity contribution >= 4 is 15.9 Å². The predicted octanol–water partition coefficient (Wildman–Crippen LogP) is 1.85. The lowest BCUT2D eigenvalue weighted by Crippen LogP contribution is -2.24. The minimum Gasteiger partial charge on any atom is -0.494 e. The van der Waals surface area contributed by atoms with Crippen molar-refractivity contribution in [2.24, 2.45) is 5.73 Å². The van der Waals surface area contributed by atoms with Crippen LogP contribution in [0.5, 0.6) is 11.5 Å². The number of amides is 1. The van der Waals surface area contributed by atoms with Crippen LogP contribution in [-0.2, 0) is 10.0 Å². The Labute approximate surface area is 164 Å². The van der Waals surface area contributed by atoms with Crippen molar-refractivity contribution in [2.75, 3.05) is 19.8 Å². The van der Waals surface area contributed by atoms with Gasteiger partial charge in [0, 0.05) is 0 Å². The standard InChI is InChI=1S/C20H22N2O5S/c1-3-26-18-11-10-16(14-15(18)2)28(24,25)22-12-6-7-13-27-19-9-5-4-8-17(19)20(21)23/h4-5,8-11,14,22H,3,12-13H2,1-2H3,(H2,21,23). The molecule has 0 unspecified atom stereocenters. The molecule has 8 heteroatoms. The molecule has 28 heavy (non-hydrogen) atoms. The highest BCUT2D eigenvalue weighted by Crippen LogP contribution is 2.21. The first-order valence-electron chi connectivity index (χ1n) is 8.55. The first-order valence-corrected chi connectivity index (χ1v) is 10.0. The van der Waals surface area contributed by atoms with Crippen LogP contribution >= 0.6 is 0 Å². The van der Waals surface area contributed by atoms with Gasteiger partial charge < -0.3 is 15.2 Å². The van der Waals surface area contributed by atoms with Crippen LogP contribution in [0.1, 0.15) is 22.8 Å². The molecule has 0 saturated carbocycles. The van der Waals surface area contributed by atoms with E-state index in [1.165, 1.54) is 6.07 Å². The van der Waals surface area contributed by atoms with Gasteiger partial charge in [-0.25, -0.2) is 8.42 Å².